The van der Waals surface area contributed by atoms with E-state index < -0.39 is 23.8 Å². The van der Waals surface area contributed by atoms with Crippen molar-refractivity contribution in [3.8, 4) is 0 Å². The zero-order valence-electron chi connectivity index (χ0n) is 40.7. The number of nitrogens with zero attached hydrogens (tertiary/aromatic N) is 2. The van der Waals surface area contributed by atoms with Crippen LogP contribution in [0.2, 0.25) is 0 Å². The van der Waals surface area contributed by atoms with E-state index in [2.05, 4.69) is 18.8 Å². The number of pyridine rings is 1. The molecular formula is C53H89N2O8+. The number of carbonyl (C=O) groups excluding carboxylic acids is 4. The van der Waals surface area contributed by atoms with E-state index in [1.54, 1.807) is 13.8 Å². The first-order valence-electron chi connectivity index (χ1n) is 25.6. The molecule has 0 saturated heterocycles. The number of allylic oxidation sites excluding steroid dienone is 1. The Morgan fingerprint density at radius 3 is 1.37 bits per heavy atom. The van der Waals surface area contributed by atoms with E-state index in [4.69, 9.17) is 18.9 Å². The van der Waals surface area contributed by atoms with Crippen LogP contribution in [0.4, 0.5) is 0 Å². The first kappa shape index (κ1) is 55.6. The van der Waals surface area contributed by atoms with Crippen molar-refractivity contribution in [1.29, 1.82) is 0 Å². The van der Waals surface area contributed by atoms with Gasteiger partial charge in [-0.2, -0.15) is 0 Å². The van der Waals surface area contributed by atoms with Crippen LogP contribution in [0.3, 0.4) is 0 Å². The molecule has 0 N–H and O–H groups in total. The molecule has 1 aliphatic rings. The molecule has 2 rings (SSSR count). The van der Waals surface area contributed by atoms with Crippen molar-refractivity contribution in [2.45, 2.75) is 226 Å². The highest BCUT2D eigenvalue weighted by Gasteiger charge is 2.43. The molecule has 0 aromatic carbocycles. The molecule has 1 aromatic heterocycles. The Kier molecular flexibility index (Phi) is 32.4. The third-order valence-electron chi connectivity index (χ3n) is 12.2. The lowest BCUT2D eigenvalue weighted by atomic mass is 9.76. The number of esters is 4. The normalized spacial score (nSPS) is 15.0. The van der Waals surface area contributed by atoms with Crippen molar-refractivity contribution in [3.05, 3.63) is 41.4 Å². The molecule has 63 heavy (non-hydrogen) atoms. The minimum Gasteiger partial charge on any atom is -0.466 e. The summed E-state index contributed by atoms with van der Waals surface area (Å²) in [5.74, 6) is -3.02. The molecule has 10 heteroatoms. The van der Waals surface area contributed by atoms with Gasteiger partial charge in [-0.1, -0.05) is 168 Å². The zero-order valence-corrected chi connectivity index (χ0v) is 40.7. The van der Waals surface area contributed by atoms with E-state index >= 15 is 0 Å². The van der Waals surface area contributed by atoms with Gasteiger partial charge in [0.05, 0.1) is 32.0 Å². The summed E-state index contributed by atoms with van der Waals surface area (Å²) in [6.45, 7) is 8.52. The fourth-order valence-corrected chi connectivity index (χ4v) is 8.48. The van der Waals surface area contributed by atoms with Gasteiger partial charge in [0.15, 0.2) is 12.4 Å². The maximum atomic E-state index is 13.7. The maximum Gasteiger partial charge on any atom is 0.336 e. The number of hydrogen-bond donors (Lipinski definition) is 0. The zero-order chi connectivity index (χ0) is 45.8. The number of carbonyl (C=O) groups is 4. The Balaban J connectivity index is 1.69. The molecule has 358 valence electrons. The quantitative estimate of drug-likeness (QED) is 0.0277. The van der Waals surface area contributed by atoms with Gasteiger partial charge in [-0.25, -0.2) is 9.36 Å². The Morgan fingerprint density at radius 1 is 0.540 bits per heavy atom. The third-order valence-corrected chi connectivity index (χ3v) is 12.2. The summed E-state index contributed by atoms with van der Waals surface area (Å²) in [5.41, 5.74) is 2.09. The average Bonchev–Trinajstić information content (AvgIpc) is 3.26. The van der Waals surface area contributed by atoms with Crippen LogP contribution in [-0.4, -0.2) is 56.0 Å². The smallest absolute Gasteiger partial charge is 0.336 e. The van der Waals surface area contributed by atoms with E-state index in [0.717, 1.165) is 44.1 Å². The first-order valence-corrected chi connectivity index (χ1v) is 25.6. The van der Waals surface area contributed by atoms with Gasteiger partial charge >= 0.3 is 23.9 Å². The lowest BCUT2D eigenvalue weighted by Gasteiger charge is -2.31. The minimum atomic E-state index is -0.845. The Hall–Kier alpha value is -3.56. The van der Waals surface area contributed by atoms with Crippen LogP contribution in [-0.2, 0) is 45.2 Å². The fourth-order valence-electron chi connectivity index (χ4n) is 8.48. The van der Waals surface area contributed by atoms with Gasteiger partial charge in [-0.05, 0) is 32.8 Å². The number of aromatic nitrogens is 1. The summed E-state index contributed by atoms with van der Waals surface area (Å²) in [5, 5.41) is 0. The number of rotatable bonds is 39. The van der Waals surface area contributed by atoms with Gasteiger partial charge in [-0.15, -0.1) is 0 Å². The second-order valence-electron chi connectivity index (χ2n) is 17.9. The molecule has 0 saturated carbocycles. The minimum absolute atomic E-state index is 0.0623. The number of unbranched alkanes of at least 4 members (excludes halogenated alkanes) is 24. The van der Waals surface area contributed by atoms with Crippen LogP contribution in [0, 0.1) is 5.92 Å². The van der Waals surface area contributed by atoms with Crippen molar-refractivity contribution < 1.29 is 42.7 Å². The maximum absolute atomic E-state index is 13.7. The molecule has 2 atom stereocenters. The van der Waals surface area contributed by atoms with Crippen LogP contribution in [0.1, 0.15) is 232 Å². The fraction of sp³-hybridized carbons (Fsp3) is 0.774. The van der Waals surface area contributed by atoms with Crippen molar-refractivity contribution in [3.63, 3.8) is 0 Å². The Labute approximate surface area is 383 Å². The summed E-state index contributed by atoms with van der Waals surface area (Å²) < 4.78 is 24.2. The molecule has 0 spiro atoms. The van der Waals surface area contributed by atoms with E-state index in [9.17, 15) is 19.2 Å². The summed E-state index contributed by atoms with van der Waals surface area (Å²) in [4.78, 5) is 56.7. The largest absolute Gasteiger partial charge is 0.466 e. The van der Waals surface area contributed by atoms with Crippen molar-refractivity contribution in [2.24, 2.45) is 18.0 Å². The topological polar surface area (TPSA) is 121 Å². The van der Waals surface area contributed by atoms with Crippen LogP contribution in [0.5, 0.6) is 0 Å². The molecule has 2 heterocycles. The summed E-state index contributed by atoms with van der Waals surface area (Å²) in [7, 11) is 1.88. The highest BCUT2D eigenvalue weighted by atomic mass is 16.6. The molecule has 1 aliphatic heterocycles. The van der Waals surface area contributed by atoms with Crippen molar-refractivity contribution >= 4 is 29.6 Å². The highest BCUT2D eigenvalue weighted by molar-refractivity contribution is 6.07. The van der Waals surface area contributed by atoms with Gasteiger partial charge in [0.1, 0.15) is 13.0 Å². The lowest BCUT2D eigenvalue weighted by Crippen LogP contribution is -2.38. The first-order chi connectivity index (χ1) is 30.7. The van der Waals surface area contributed by atoms with Crippen LogP contribution < -0.4 is 4.57 Å². The van der Waals surface area contributed by atoms with E-state index in [0.29, 0.717) is 42.7 Å². The van der Waals surface area contributed by atoms with Gasteiger partial charge < -0.3 is 18.9 Å². The molecule has 0 amide bonds. The second kappa shape index (κ2) is 36.7. The van der Waals surface area contributed by atoms with E-state index in [-0.39, 0.29) is 38.4 Å². The predicted octanol–water partition coefficient (Wildman–Crippen LogP) is 12.9. The highest BCUT2D eigenvalue weighted by Crippen LogP contribution is 2.39. The van der Waals surface area contributed by atoms with Crippen LogP contribution >= 0.6 is 0 Å². The molecule has 0 bridgehead atoms. The van der Waals surface area contributed by atoms with E-state index in [1.807, 2.05) is 36.1 Å². The second-order valence-corrected chi connectivity index (χ2v) is 17.9. The molecule has 0 aliphatic carbocycles. The predicted molar refractivity (Wildman–Crippen MR) is 253 cm³/mol. The molecule has 10 nitrogen and oxygen atoms in total. The van der Waals surface area contributed by atoms with Gasteiger partial charge in [0, 0.05) is 54.6 Å². The molecular weight excluding hydrogens is 793 g/mol. The number of aliphatic imine (C=N–C) groups is 1. The van der Waals surface area contributed by atoms with Gasteiger partial charge in [0.2, 0.25) is 0 Å². The number of hydrogen-bond acceptors (Lipinski definition) is 9. The number of ether oxygens (including phenoxy) is 4. The lowest BCUT2D eigenvalue weighted by molar-refractivity contribution is -0.672. The van der Waals surface area contributed by atoms with Crippen LogP contribution in [0.25, 0.3) is 0 Å². The van der Waals surface area contributed by atoms with Gasteiger partial charge in [-0.3, -0.25) is 19.4 Å². The molecule has 0 radical (unpaired) electrons. The molecule has 2 unspecified atom stereocenters. The molecule has 1 aromatic rings. The van der Waals surface area contributed by atoms with Gasteiger partial charge in [0.25, 0.3) is 0 Å². The van der Waals surface area contributed by atoms with Crippen LogP contribution in [0.15, 0.2) is 40.8 Å². The van der Waals surface area contributed by atoms with E-state index in [1.165, 1.54) is 128 Å². The summed E-state index contributed by atoms with van der Waals surface area (Å²) in [6, 6.07) is 3.76. The van der Waals surface area contributed by atoms with Crippen molar-refractivity contribution in [1.82, 2.24) is 0 Å². The summed E-state index contributed by atoms with van der Waals surface area (Å²) >= 11 is 0. The standard InChI is InChI=1S/C53H89N2O8/c1-6-8-10-12-14-16-18-20-22-24-26-28-30-36-47(56)60-39-33-41-62-52(58)49-44(3)54-45(4)50(51(49)46-35-32-38-55(5)43-46)53(59)63-42-34-40-61-48(57)37-31-29-27-25-23-21-19-17-15-13-11-9-7-2/h32,35,38,43,49,51H,6-31,33-34,36-37,39-42H2,1-5H3/q+1. The van der Waals surface area contributed by atoms with Crippen molar-refractivity contribution in [2.75, 3.05) is 26.4 Å². The third kappa shape index (κ3) is 26.1. The SMILES string of the molecule is CCCCCCCCCCCCCCCC(=O)OCCCOC(=O)C1=C(C)N=C(C)C(C(=O)OCCCOC(=O)CCCCCCCCCCCCCCC)C1c1ccc[n+](C)c1. The molecule has 0 fully saturated rings. The monoisotopic (exact) mass is 882 g/mol. The summed E-state index contributed by atoms with van der Waals surface area (Å²) in [6.07, 6.45) is 37.9. The Bertz CT molecular complexity index is 1470. The number of aryl methyl sites for hydroxylation is 1. The average molecular weight is 882 g/mol. The Morgan fingerprint density at radius 2 is 0.937 bits per heavy atom.